The van der Waals surface area contributed by atoms with Gasteiger partial charge in [0.2, 0.25) is 0 Å². The van der Waals surface area contributed by atoms with Gasteiger partial charge in [0.15, 0.2) is 0 Å². The van der Waals surface area contributed by atoms with E-state index in [1.165, 1.54) is 5.56 Å². The van der Waals surface area contributed by atoms with Gasteiger partial charge in [0.1, 0.15) is 24.3 Å². The van der Waals surface area contributed by atoms with Crippen molar-refractivity contribution in [1.29, 1.82) is 0 Å². The molecule has 7 heteroatoms. The smallest absolute Gasteiger partial charge is 0.254 e. The summed E-state index contributed by atoms with van der Waals surface area (Å²) in [5.74, 6) is 1.79. The Balaban J connectivity index is 1.47. The number of rotatable bonds is 3. The minimum atomic E-state index is 0.107. The fraction of sp³-hybridized carbons (Fsp3) is 0.364. The highest BCUT2D eigenvalue weighted by Gasteiger charge is 2.24. The number of aryl methyl sites for hydroxylation is 3. The average Bonchev–Trinajstić information content (AvgIpc) is 3.06. The van der Waals surface area contributed by atoms with Gasteiger partial charge in [0, 0.05) is 43.5 Å². The lowest BCUT2D eigenvalue weighted by Gasteiger charge is -2.35. The van der Waals surface area contributed by atoms with Gasteiger partial charge in [-0.3, -0.25) is 9.36 Å². The van der Waals surface area contributed by atoms with Crippen LogP contribution in [0.1, 0.15) is 32.9 Å². The quantitative estimate of drug-likeness (QED) is 0.688. The number of aromatic nitrogens is 4. The van der Waals surface area contributed by atoms with Crippen LogP contribution >= 0.6 is 0 Å². The van der Waals surface area contributed by atoms with Gasteiger partial charge in [-0.15, -0.1) is 0 Å². The summed E-state index contributed by atoms with van der Waals surface area (Å²) in [6, 6.07) is 7.98. The highest BCUT2D eigenvalue weighted by Crippen LogP contribution is 2.20. The molecule has 1 aliphatic rings. The number of anilines is 1. The molecular formula is C22H26N6O. The summed E-state index contributed by atoms with van der Waals surface area (Å²) >= 11 is 0. The van der Waals surface area contributed by atoms with Crippen LogP contribution in [0.2, 0.25) is 0 Å². The number of nitrogens with zero attached hydrogens (tertiary/aromatic N) is 6. The van der Waals surface area contributed by atoms with Gasteiger partial charge in [-0.1, -0.05) is 17.7 Å². The molecule has 3 heterocycles. The normalized spacial score (nSPS) is 14.3. The zero-order chi connectivity index (χ0) is 20.5. The van der Waals surface area contributed by atoms with Crippen LogP contribution in [0, 0.1) is 27.7 Å². The summed E-state index contributed by atoms with van der Waals surface area (Å²) in [7, 11) is 0. The zero-order valence-electron chi connectivity index (χ0n) is 17.4. The van der Waals surface area contributed by atoms with Crippen molar-refractivity contribution in [2.24, 2.45) is 0 Å². The Morgan fingerprint density at radius 2 is 1.62 bits per heavy atom. The lowest BCUT2D eigenvalue weighted by Crippen LogP contribution is -2.49. The third-order valence-corrected chi connectivity index (χ3v) is 5.64. The molecule has 0 radical (unpaired) electrons. The highest BCUT2D eigenvalue weighted by atomic mass is 16.2. The summed E-state index contributed by atoms with van der Waals surface area (Å²) in [5, 5.41) is 0. The first-order valence-corrected chi connectivity index (χ1v) is 9.88. The van der Waals surface area contributed by atoms with Crippen molar-refractivity contribution in [3.05, 3.63) is 65.0 Å². The molecular weight excluding hydrogens is 364 g/mol. The van der Waals surface area contributed by atoms with E-state index >= 15 is 0 Å². The van der Waals surface area contributed by atoms with Gasteiger partial charge in [0.05, 0.1) is 5.69 Å². The van der Waals surface area contributed by atoms with Gasteiger partial charge in [0.25, 0.3) is 5.91 Å². The van der Waals surface area contributed by atoms with Crippen molar-refractivity contribution >= 4 is 11.7 Å². The second-order valence-electron chi connectivity index (χ2n) is 7.62. The van der Waals surface area contributed by atoms with Crippen LogP contribution in [-0.4, -0.2) is 56.5 Å². The van der Waals surface area contributed by atoms with Crippen molar-refractivity contribution < 1.29 is 4.79 Å². The topological polar surface area (TPSA) is 67.2 Å². The van der Waals surface area contributed by atoms with Gasteiger partial charge < -0.3 is 9.80 Å². The van der Waals surface area contributed by atoms with Gasteiger partial charge in [-0.2, -0.15) is 0 Å². The third kappa shape index (κ3) is 3.72. The molecule has 7 nitrogen and oxygen atoms in total. The standard InChI is InChI=1S/C22H26N6O/c1-15-5-6-19(16(2)11-15)22(29)27-9-7-26(8-10-27)20-12-21(24-13-23-20)28-14-25-17(3)18(28)4/h5-6,11-14H,7-10H2,1-4H3. The molecule has 0 N–H and O–H groups in total. The summed E-state index contributed by atoms with van der Waals surface area (Å²) in [4.78, 5) is 30.3. The van der Waals surface area contributed by atoms with Crippen molar-refractivity contribution in [2.45, 2.75) is 27.7 Å². The number of carbonyl (C=O) groups excluding carboxylic acids is 1. The van der Waals surface area contributed by atoms with E-state index < -0.39 is 0 Å². The average molecular weight is 390 g/mol. The highest BCUT2D eigenvalue weighted by molar-refractivity contribution is 5.95. The number of imidazole rings is 1. The van der Waals surface area contributed by atoms with E-state index in [4.69, 9.17) is 0 Å². The first-order valence-electron chi connectivity index (χ1n) is 9.88. The van der Waals surface area contributed by atoms with E-state index in [9.17, 15) is 4.79 Å². The number of amides is 1. The number of hydrogen-bond donors (Lipinski definition) is 0. The minimum absolute atomic E-state index is 0.107. The van der Waals surface area contributed by atoms with Crippen LogP contribution in [0.25, 0.3) is 5.82 Å². The Labute approximate surface area is 171 Å². The molecule has 1 saturated heterocycles. The molecule has 1 fully saturated rings. The maximum absolute atomic E-state index is 12.9. The van der Waals surface area contributed by atoms with Gasteiger partial charge >= 0.3 is 0 Å². The Bertz CT molecular complexity index is 1050. The van der Waals surface area contributed by atoms with E-state index in [0.717, 1.165) is 47.2 Å². The SMILES string of the molecule is Cc1ccc(C(=O)N2CCN(c3cc(-n4cnc(C)c4C)ncn3)CC2)c(C)c1. The van der Waals surface area contributed by atoms with Crippen LogP contribution in [0.5, 0.6) is 0 Å². The van der Waals surface area contributed by atoms with Crippen molar-refractivity contribution in [3.8, 4) is 5.82 Å². The molecule has 0 saturated carbocycles. The van der Waals surface area contributed by atoms with E-state index in [-0.39, 0.29) is 5.91 Å². The van der Waals surface area contributed by atoms with E-state index in [1.807, 2.05) is 55.4 Å². The van der Waals surface area contributed by atoms with Gasteiger partial charge in [-0.05, 0) is 39.3 Å². The van der Waals surface area contributed by atoms with Crippen LogP contribution in [-0.2, 0) is 0 Å². The monoisotopic (exact) mass is 390 g/mol. The van der Waals surface area contributed by atoms with E-state index in [0.29, 0.717) is 13.1 Å². The van der Waals surface area contributed by atoms with E-state index in [2.05, 4.69) is 25.9 Å². The van der Waals surface area contributed by atoms with Crippen molar-refractivity contribution in [1.82, 2.24) is 24.4 Å². The van der Waals surface area contributed by atoms with Crippen molar-refractivity contribution in [2.75, 3.05) is 31.1 Å². The second kappa shape index (κ2) is 7.66. The third-order valence-electron chi connectivity index (χ3n) is 5.64. The maximum Gasteiger partial charge on any atom is 0.254 e. The first-order chi connectivity index (χ1) is 13.9. The Kier molecular flexibility index (Phi) is 5.05. The summed E-state index contributed by atoms with van der Waals surface area (Å²) in [6.45, 7) is 10.9. The molecule has 1 amide bonds. The number of hydrogen-bond acceptors (Lipinski definition) is 5. The molecule has 29 heavy (non-hydrogen) atoms. The van der Waals surface area contributed by atoms with Gasteiger partial charge in [-0.25, -0.2) is 15.0 Å². The summed E-state index contributed by atoms with van der Waals surface area (Å²) < 4.78 is 1.97. The molecule has 3 aromatic rings. The lowest BCUT2D eigenvalue weighted by molar-refractivity contribution is 0.0746. The van der Waals surface area contributed by atoms with Crippen LogP contribution < -0.4 is 4.90 Å². The van der Waals surface area contributed by atoms with Crippen molar-refractivity contribution in [3.63, 3.8) is 0 Å². The summed E-state index contributed by atoms with van der Waals surface area (Å²) in [5.41, 5.74) is 5.05. The fourth-order valence-corrected chi connectivity index (χ4v) is 3.73. The molecule has 4 rings (SSSR count). The number of benzene rings is 1. The predicted octanol–water partition coefficient (Wildman–Crippen LogP) is 2.86. The Hall–Kier alpha value is -3.22. The Morgan fingerprint density at radius 1 is 0.897 bits per heavy atom. The molecule has 0 atom stereocenters. The van der Waals surface area contributed by atoms with E-state index in [1.54, 1.807) is 12.7 Å². The predicted molar refractivity (Wildman–Crippen MR) is 113 cm³/mol. The summed E-state index contributed by atoms with van der Waals surface area (Å²) in [6.07, 6.45) is 3.38. The molecule has 0 aliphatic carbocycles. The molecule has 0 bridgehead atoms. The maximum atomic E-state index is 12.9. The van der Waals surface area contributed by atoms with Crippen LogP contribution in [0.4, 0.5) is 5.82 Å². The first kappa shape index (κ1) is 19.1. The fourth-order valence-electron chi connectivity index (χ4n) is 3.73. The second-order valence-corrected chi connectivity index (χ2v) is 7.62. The molecule has 150 valence electrons. The number of carbonyl (C=O) groups is 1. The minimum Gasteiger partial charge on any atom is -0.353 e. The van der Waals surface area contributed by atoms with Crippen LogP contribution in [0.3, 0.4) is 0 Å². The molecule has 1 aliphatic heterocycles. The Morgan fingerprint density at radius 3 is 2.28 bits per heavy atom. The molecule has 1 aromatic carbocycles. The molecule has 0 unspecified atom stereocenters. The lowest BCUT2D eigenvalue weighted by atomic mass is 10.0. The number of piperazine rings is 1. The molecule has 2 aromatic heterocycles. The molecule has 0 spiro atoms. The van der Waals surface area contributed by atoms with Crippen LogP contribution in [0.15, 0.2) is 36.9 Å². The largest absolute Gasteiger partial charge is 0.353 e. The zero-order valence-corrected chi connectivity index (χ0v) is 17.4.